The van der Waals surface area contributed by atoms with Gasteiger partial charge in [-0.05, 0) is 80.4 Å². The van der Waals surface area contributed by atoms with Crippen molar-refractivity contribution in [2.75, 3.05) is 0 Å². The Balaban J connectivity index is 1.69. The van der Waals surface area contributed by atoms with Crippen LogP contribution in [-0.4, -0.2) is 0 Å². The van der Waals surface area contributed by atoms with E-state index >= 15 is 0 Å². The predicted molar refractivity (Wildman–Crippen MR) is 106 cm³/mol. The zero-order valence-electron chi connectivity index (χ0n) is 16.4. The lowest BCUT2D eigenvalue weighted by Crippen LogP contribution is -2.24. The first-order chi connectivity index (χ1) is 12.1. The number of hydrogen-bond donors (Lipinski definition) is 0. The number of halogens is 1. The van der Waals surface area contributed by atoms with Gasteiger partial charge in [-0.25, -0.2) is 4.39 Å². The summed E-state index contributed by atoms with van der Waals surface area (Å²) in [6.45, 7) is 6.73. The van der Waals surface area contributed by atoms with Crippen LogP contribution in [0.25, 0.3) is 5.57 Å². The molecule has 1 aromatic rings. The average molecular weight is 343 g/mol. The fourth-order valence-electron chi connectivity index (χ4n) is 5.24. The van der Waals surface area contributed by atoms with Crippen molar-refractivity contribution in [3.63, 3.8) is 0 Å². The zero-order valence-corrected chi connectivity index (χ0v) is 16.4. The highest BCUT2D eigenvalue weighted by Gasteiger charge is 2.30. The van der Waals surface area contributed by atoms with E-state index in [0.29, 0.717) is 0 Å². The molecule has 0 aliphatic heterocycles. The quantitative estimate of drug-likeness (QED) is 0.517. The number of allylic oxidation sites excluding steroid dienone is 2. The molecule has 0 amide bonds. The Morgan fingerprint density at radius 3 is 2.36 bits per heavy atom. The van der Waals surface area contributed by atoms with E-state index in [0.717, 1.165) is 48.1 Å². The van der Waals surface area contributed by atoms with Crippen LogP contribution in [0.1, 0.15) is 89.7 Å². The minimum atomic E-state index is -0.0118. The van der Waals surface area contributed by atoms with Crippen molar-refractivity contribution in [2.45, 2.75) is 85.0 Å². The minimum Gasteiger partial charge on any atom is -0.206 e. The Labute approximate surface area is 153 Å². The van der Waals surface area contributed by atoms with Crippen molar-refractivity contribution in [2.24, 2.45) is 17.8 Å². The number of hydrogen-bond acceptors (Lipinski definition) is 0. The fourth-order valence-corrected chi connectivity index (χ4v) is 5.24. The van der Waals surface area contributed by atoms with Crippen molar-refractivity contribution in [3.8, 4) is 0 Å². The third-order valence-electron chi connectivity index (χ3n) is 6.88. The molecule has 0 bridgehead atoms. The van der Waals surface area contributed by atoms with Gasteiger partial charge in [0.05, 0.1) is 0 Å². The fraction of sp³-hybridized carbons (Fsp3) is 0.667. The van der Waals surface area contributed by atoms with Gasteiger partial charge in [-0.15, -0.1) is 0 Å². The molecule has 0 saturated heterocycles. The third kappa shape index (κ3) is 4.36. The van der Waals surface area contributed by atoms with Gasteiger partial charge in [0.1, 0.15) is 5.82 Å². The van der Waals surface area contributed by atoms with Gasteiger partial charge in [0, 0.05) is 5.56 Å². The Hall–Kier alpha value is -1.11. The molecule has 0 spiro atoms. The lowest BCUT2D eigenvalue weighted by molar-refractivity contribution is 0.190. The maximum Gasteiger partial charge on any atom is 0.130 e. The maximum atomic E-state index is 14.6. The monoisotopic (exact) mass is 342 g/mol. The molecule has 0 aromatic heterocycles. The van der Waals surface area contributed by atoms with Crippen LogP contribution < -0.4 is 0 Å². The summed E-state index contributed by atoms with van der Waals surface area (Å²) in [5.41, 5.74) is 4.73. The molecule has 138 valence electrons. The van der Waals surface area contributed by atoms with E-state index in [4.69, 9.17) is 0 Å². The molecule has 1 saturated carbocycles. The van der Waals surface area contributed by atoms with Gasteiger partial charge >= 0.3 is 0 Å². The van der Waals surface area contributed by atoms with Gasteiger partial charge in [0.15, 0.2) is 0 Å². The van der Waals surface area contributed by atoms with E-state index < -0.39 is 0 Å². The molecule has 1 atom stereocenters. The molecule has 2 aliphatic carbocycles. The highest BCUT2D eigenvalue weighted by molar-refractivity contribution is 5.70. The SMILES string of the molecule is CCCc1ccc(C2=C(C)CC(C3CCC(CC)CC3)CC2)c(F)c1. The van der Waals surface area contributed by atoms with E-state index in [9.17, 15) is 4.39 Å². The molecule has 0 N–H and O–H groups in total. The van der Waals surface area contributed by atoms with Crippen LogP contribution >= 0.6 is 0 Å². The molecule has 0 radical (unpaired) electrons. The number of aryl methyl sites for hydroxylation is 1. The van der Waals surface area contributed by atoms with Gasteiger partial charge in [-0.3, -0.25) is 0 Å². The van der Waals surface area contributed by atoms with Gasteiger partial charge in [-0.1, -0.05) is 57.2 Å². The van der Waals surface area contributed by atoms with Crippen molar-refractivity contribution in [1.82, 2.24) is 0 Å². The van der Waals surface area contributed by atoms with E-state index in [1.807, 2.05) is 6.07 Å². The molecule has 0 nitrogen and oxygen atoms in total. The lowest BCUT2D eigenvalue weighted by Gasteiger charge is -2.36. The largest absolute Gasteiger partial charge is 0.206 e. The van der Waals surface area contributed by atoms with E-state index in [1.54, 1.807) is 6.07 Å². The van der Waals surface area contributed by atoms with Crippen molar-refractivity contribution < 1.29 is 4.39 Å². The predicted octanol–water partition coefficient (Wildman–Crippen LogP) is 7.57. The summed E-state index contributed by atoms with van der Waals surface area (Å²) < 4.78 is 14.6. The van der Waals surface area contributed by atoms with E-state index in [2.05, 4.69) is 26.8 Å². The molecule has 25 heavy (non-hydrogen) atoms. The summed E-state index contributed by atoms with van der Waals surface area (Å²) in [5.74, 6) is 2.71. The average Bonchev–Trinajstić information content (AvgIpc) is 2.63. The first kappa shape index (κ1) is 18.7. The second kappa shape index (κ2) is 8.52. The summed E-state index contributed by atoms with van der Waals surface area (Å²) in [7, 11) is 0. The van der Waals surface area contributed by atoms with Crippen LogP contribution in [0.5, 0.6) is 0 Å². The first-order valence-corrected chi connectivity index (χ1v) is 10.6. The maximum absolute atomic E-state index is 14.6. The summed E-state index contributed by atoms with van der Waals surface area (Å²) in [4.78, 5) is 0. The molecule has 1 heteroatoms. The molecule has 1 unspecified atom stereocenters. The normalized spacial score (nSPS) is 27.6. The molecule has 2 aliphatic rings. The van der Waals surface area contributed by atoms with Crippen LogP contribution in [0.2, 0.25) is 0 Å². The van der Waals surface area contributed by atoms with Crippen LogP contribution in [-0.2, 0) is 6.42 Å². The van der Waals surface area contributed by atoms with E-state index in [1.165, 1.54) is 56.1 Å². The Bertz CT molecular complexity index is 605. The van der Waals surface area contributed by atoms with Gasteiger partial charge in [0.25, 0.3) is 0 Å². The lowest BCUT2D eigenvalue weighted by atomic mass is 9.69. The molecule has 1 fully saturated rings. The molecular weight excluding hydrogens is 307 g/mol. The Morgan fingerprint density at radius 2 is 1.76 bits per heavy atom. The second-order valence-electron chi connectivity index (χ2n) is 8.52. The first-order valence-electron chi connectivity index (χ1n) is 10.6. The summed E-state index contributed by atoms with van der Waals surface area (Å²) in [6.07, 6.45) is 12.6. The van der Waals surface area contributed by atoms with Crippen LogP contribution in [0.3, 0.4) is 0 Å². The highest BCUT2D eigenvalue weighted by Crippen LogP contribution is 2.44. The Morgan fingerprint density at radius 1 is 1.00 bits per heavy atom. The van der Waals surface area contributed by atoms with Crippen LogP contribution in [0, 0.1) is 23.6 Å². The number of benzene rings is 1. The topological polar surface area (TPSA) is 0 Å². The summed E-state index contributed by atoms with van der Waals surface area (Å²) in [5, 5.41) is 0. The third-order valence-corrected chi connectivity index (χ3v) is 6.88. The van der Waals surface area contributed by atoms with Crippen molar-refractivity contribution in [3.05, 3.63) is 40.7 Å². The minimum absolute atomic E-state index is 0.0118. The standard InChI is InChI=1S/C24H35F/c1-4-6-19-9-13-23(24(25)16-19)22-14-12-21(15-17(22)3)20-10-7-18(5-2)8-11-20/h9,13,16,18,20-21H,4-8,10-12,14-15H2,1-3H3. The summed E-state index contributed by atoms with van der Waals surface area (Å²) >= 11 is 0. The van der Waals surface area contributed by atoms with Crippen LogP contribution in [0.15, 0.2) is 23.8 Å². The van der Waals surface area contributed by atoms with Gasteiger partial charge in [0.2, 0.25) is 0 Å². The smallest absolute Gasteiger partial charge is 0.130 e. The molecule has 1 aromatic carbocycles. The molecule has 0 heterocycles. The zero-order chi connectivity index (χ0) is 17.8. The van der Waals surface area contributed by atoms with E-state index in [-0.39, 0.29) is 5.82 Å². The summed E-state index contributed by atoms with van der Waals surface area (Å²) in [6, 6.07) is 5.92. The van der Waals surface area contributed by atoms with Crippen LogP contribution in [0.4, 0.5) is 4.39 Å². The number of rotatable bonds is 5. The van der Waals surface area contributed by atoms with Gasteiger partial charge < -0.3 is 0 Å². The second-order valence-corrected chi connectivity index (χ2v) is 8.52. The van der Waals surface area contributed by atoms with Crippen molar-refractivity contribution >= 4 is 5.57 Å². The van der Waals surface area contributed by atoms with Gasteiger partial charge in [-0.2, -0.15) is 0 Å². The Kier molecular flexibility index (Phi) is 6.36. The van der Waals surface area contributed by atoms with Crippen molar-refractivity contribution in [1.29, 1.82) is 0 Å². The molecular formula is C24H35F. The highest BCUT2D eigenvalue weighted by atomic mass is 19.1. The molecule has 3 rings (SSSR count).